The first-order valence-corrected chi connectivity index (χ1v) is 14.5. The van der Waals surface area contributed by atoms with E-state index in [1.165, 1.54) is 0 Å². The molecule has 0 N–H and O–H groups in total. The van der Waals surface area contributed by atoms with Gasteiger partial charge in [-0.2, -0.15) is 0 Å². The van der Waals surface area contributed by atoms with Crippen LogP contribution >= 0.6 is 0 Å². The van der Waals surface area contributed by atoms with Gasteiger partial charge in [0.25, 0.3) is 0 Å². The molecule has 0 atom stereocenters. The molecule has 10 rings (SSSR count). The number of benzene rings is 9. The molecular weight excluding hydrogens is 593 g/mol. The van der Waals surface area contributed by atoms with Crippen molar-refractivity contribution < 1.29 is 44.2 Å². The van der Waals surface area contributed by atoms with Crippen LogP contribution in [0.2, 0.25) is 0 Å². The van der Waals surface area contributed by atoms with E-state index in [1.807, 2.05) is 0 Å². The topological polar surface area (TPSA) is 13.1 Å². The predicted molar refractivity (Wildman–Crippen MR) is 208 cm³/mol. The fourth-order valence-electron chi connectivity index (χ4n) is 5.79. The number of hydrogen-bond acceptors (Lipinski definition) is 1. The summed E-state index contributed by atoms with van der Waals surface area (Å²) in [5.41, 5.74) is -6.83. The van der Waals surface area contributed by atoms with Crippen LogP contribution in [-0.4, -0.2) is 0 Å². The van der Waals surface area contributed by atoms with Crippen molar-refractivity contribution in [2.45, 2.75) is 0 Å². The third-order valence-electron chi connectivity index (χ3n) is 7.89. The van der Waals surface area contributed by atoms with E-state index in [9.17, 15) is 12.3 Å². The minimum atomic E-state index is -1.08. The van der Waals surface area contributed by atoms with Gasteiger partial charge >= 0.3 is 0 Å². The van der Waals surface area contributed by atoms with Gasteiger partial charge in [-0.05, 0) is 95.5 Å². The van der Waals surface area contributed by atoms with Crippen molar-refractivity contribution in [2.75, 3.05) is 0 Å². The fraction of sp³-hybridized carbons (Fsp3) is 0. The van der Waals surface area contributed by atoms with Crippen LogP contribution in [0.5, 0.6) is 0 Å². The highest BCUT2D eigenvalue weighted by molar-refractivity contribution is 6.22. The summed E-state index contributed by atoms with van der Waals surface area (Å²) < 4.78 is 266. The average Bonchev–Trinajstić information content (AvgIpc) is 3.94. The molecule has 0 saturated carbocycles. The lowest BCUT2D eigenvalue weighted by Gasteiger charge is -2.18. The van der Waals surface area contributed by atoms with Crippen molar-refractivity contribution >= 4 is 54.3 Å². The van der Waals surface area contributed by atoms with E-state index in [0.29, 0.717) is 0 Å². The highest BCUT2D eigenvalue weighted by Crippen LogP contribution is 2.46. The van der Waals surface area contributed by atoms with Crippen molar-refractivity contribution in [3.05, 3.63) is 181 Å². The summed E-state index contributed by atoms with van der Waals surface area (Å²) in [5, 5.41) is -5.05. The Hall–Kier alpha value is -6.44. The van der Waals surface area contributed by atoms with Crippen LogP contribution in [0.3, 0.4) is 0 Å². The molecule has 10 aromatic rings. The summed E-state index contributed by atoms with van der Waals surface area (Å²) in [6, 6.07) is -25.6. The summed E-state index contributed by atoms with van der Waals surface area (Å²) in [6.07, 6.45) is 0. The van der Waals surface area contributed by atoms with E-state index in [4.69, 9.17) is 31.8 Å². The van der Waals surface area contributed by atoms with Crippen molar-refractivity contribution in [3.8, 4) is 44.5 Å². The zero-order valence-electron chi connectivity index (χ0n) is 53.5. The highest BCUT2D eigenvalue weighted by atomic mass is 16.3. The maximum Gasteiger partial charge on any atom is 0.143 e. The van der Waals surface area contributed by atoms with E-state index >= 15 is 0 Å². The minimum Gasteiger partial charge on any atom is -0.455 e. The molecule has 0 aliphatic heterocycles. The van der Waals surface area contributed by atoms with E-state index in [2.05, 4.69) is 0 Å². The first kappa shape index (κ1) is 11.3. The average molecular weight is 652 g/mol. The quantitative estimate of drug-likeness (QED) is 0.173. The van der Waals surface area contributed by atoms with Crippen LogP contribution < -0.4 is 0 Å². The third-order valence-corrected chi connectivity index (χ3v) is 7.89. The molecule has 0 fully saturated rings. The van der Waals surface area contributed by atoms with Gasteiger partial charge in [-0.1, -0.05) is 157 Å². The number of para-hydroxylation sites is 1. The van der Waals surface area contributed by atoms with Crippen molar-refractivity contribution in [1.82, 2.24) is 0 Å². The summed E-state index contributed by atoms with van der Waals surface area (Å²) in [7, 11) is 0. The molecule has 228 valence electrons. The Balaban J connectivity index is 1.44. The van der Waals surface area contributed by atoms with Crippen LogP contribution in [0.1, 0.15) is 39.8 Å². The van der Waals surface area contributed by atoms with Gasteiger partial charge in [0.1, 0.15) is 11.2 Å². The Morgan fingerprint density at radius 2 is 0.898 bits per heavy atom. The van der Waals surface area contributed by atoms with E-state index in [-0.39, 0.29) is 0 Å². The number of fused-ring (bicyclic) bond motifs is 6. The molecule has 0 bridgehead atoms. The lowest BCUT2D eigenvalue weighted by molar-refractivity contribution is 0.670. The standard InChI is InChI=1S/C48H30O/c1-2-13-32(14-3-1)38-22-11-23-43-44-30-37(26-27-45(44)49-48(38)43)47-41-20-8-6-18-39(41)46(40-19-7-9-21-42(40)47)36-17-10-16-34(29-36)35-25-24-31-12-4-5-15-33(31)28-35/h1-30H/i1D,2D,3D,4D,5D,6D,7D,8D,9D,10D,11D,12D,13D,14D,15D,16D,17D,18D,19D,20D,21D,22D,23D,24D,25D,26D,28D,29D,30D. The Labute approximate surface area is 325 Å². The molecule has 0 spiro atoms. The molecule has 0 saturated heterocycles. The van der Waals surface area contributed by atoms with Gasteiger partial charge in [0.2, 0.25) is 0 Å². The van der Waals surface area contributed by atoms with E-state index in [1.54, 1.807) is 0 Å². The first-order valence-electron chi connectivity index (χ1n) is 29.0. The lowest BCUT2D eigenvalue weighted by atomic mass is 9.85. The van der Waals surface area contributed by atoms with Gasteiger partial charge in [0.05, 0.1) is 39.8 Å². The third kappa shape index (κ3) is 4.47. The van der Waals surface area contributed by atoms with Crippen LogP contribution in [-0.2, 0) is 0 Å². The molecule has 0 aliphatic rings. The normalized spacial score (nSPS) is 20.0. The number of rotatable bonds is 4. The Bertz CT molecular complexity index is 4430. The van der Waals surface area contributed by atoms with Crippen molar-refractivity contribution in [1.29, 1.82) is 0 Å². The van der Waals surface area contributed by atoms with E-state index < -0.39 is 274 Å². The maximum atomic E-state index is 9.90. The maximum absolute atomic E-state index is 9.90. The largest absolute Gasteiger partial charge is 0.455 e. The molecule has 0 aliphatic carbocycles. The van der Waals surface area contributed by atoms with Gasteiger partial charge in [-0.3, -0.25) is 0 Å². The van der Waals surface area contributed by atoms with Gasteiger partial charge in [0.15, 0.2) is 0 Å². The summed E-state index contributed by atoms with van der Waals surface area (Å²) >= 11 is 0. The van der Waals surface area contributed by atoms with E-state index in [0.717, 1.165) is 6.07 Å². The van der Waals surface area contributed by atoms with Gasteiger partial charge < -0.3 is 4.42 Å². The van der Waals surface area contributed by atoms with Crippen molar-refractivity contribution in [3.63, 3.8) is 0 Å². The van der Waals surface area contributed by atoms with Crippen LogP contribution in [0.25, 0.3) is 98.8 Å². The summed E-state index contributed by atoms with van der Waals surface area (Å²) in [4.78, 5) is 0. The molecule has 49 heavy (non-hydrogen) atoms. The van der Waals surface area contributed by atoms with Crippen molar-refractivity contribution in [2.24, 2.45) is 0 Å². The monoisotopic (exact) mass is 651 g/mol. The molecule has 1 heteroatoms. The second-order valence-electron chi connectivity index (χ2n) is 10.6. The zero-order valence-corrected chi connectivity index (χ0v) is 24.5. The number of furan rings is 1. The second-order valence-corrected chi connectivity index (χ2v) is 10.6. The predicted octanol–water partition coefficient (Wildman–Crippen LogP) is 13.7. The van der Waals surface area contributed by atoms with Crippen LogP contribution in [0, 0.1) is 0 Å². The number of hydrogen-bond donors (Lipinski definition) is 0. The Morgan fingerprint density at radius 1 is 0.347 bits per heavy atom. The Kier molecular flexibility index (Phi) is 2.56. The zero-order chi connectivity index (χ0) is 57.5. The first-order chi connectivity index (χ1) is 36.4. The molecule has 0 amide bonds. The molecule has 1 aromatic heterocycles. The Morgan fingerprint density at radius 3 is 1.63 bits per heavy atom. The van der Waals surface area contributed by atoms with Crippen LogP contribution in [0.4, 0.5) is 0 Å². The smallest absolute Gasteiger partial charge is 0.143 e. The summed E-state index contributed by atoms with van der Waals surface area (Å²) in [6.45, 7) is 0. The van der Waals surface area contributed by atoms with Gasteiger partial charge in [-0.25, -0.2) is 0 Å². The minimum absolute atomic E-state index is 0.420. The van der Waals surface area contributed by atoms with Crippen LogP contribution in [0.15, 0.2) is 186 Å². The molecular formula is C48H30O. The SMILES string of the molecule is [2H]c1cc2oc3c(-c4c([2H])c([2H])c([2H])c([2H])c4[2H])c([2H])c([2H])c([2H])c3c2c([2H])c1-c1c2c([2H])c([2H])c([2H])c([2H])c2c(-c2c([2H])c([2H])c([2H])c(-c3c([2H])c([2H])c4c([2H])c([2H])c([2H])c([2H])c4c3[2H])c2[2H])c2c([2H])c([2H])c([2H])c([2H])c12. The molecule has 1 heterocycles. The molecule has 1 nitrogen and oxygen atoms in total. The summed E-state index contributed by atoms with van der Waals surface area (Å²) in [5.74, 6) is 0. The van der Waals surface area contributed by atoms with Gasteiger partial charge in [0, 0.05) is 16.3 Å². The molecule has 0 radical (unpaired) electrons. The molecule has 9 aromatic carbocycles. The molecule has 0 unspecified atom stereocenters. The lowest BCUT2D eigenvalue weighted by Crippen LogP contribution is -1.91. The second kappa shape index (κ2) is 11.1. The van der Waals surface area contributed by atoms with Gasteiger partial charge in [-0.15, -0.1) is 0 Å². The highest BCUT2D eigenvalue weighted by Gasteiger charge is 2.19. The fourth-order valence-corrected chi connectivity index (χ4v) is 5.79.